The summed E-state index contributed by atoms with van der Waals surface area (Å²) in [6.07, 6.45) is 6.28. The number of ether oxygens (including phenoxy) is 2. The maximum atomic E-state index is 12.8. The molecule has 4 heterocycles. The molecule has 2 saturated heterocycles. The molecular weight excluding hydrogens is 456 g/mol. The number of amides is 1. The molecule has 0 radical (unpaired) electrons. The van der Waals surface area contributed by atoms with Gasteiger partial charge in [-0.2, -0.15) is 0 Å². The first-order valence-electron chi connectivity index (χ1n) is 10.1. The van der Waals surface area contributed by atoms with Crippen LogP contribution in [0.4, 0.5) is 20.3 Å². The van der Waals surface area contributed by atoms with Gasteiger partial charge in [-0.25, -0.2) is 15.0 Å². The topological polar surface area (TPSA) is 89.5 Å². The smallest absolute Gasteiger partial charge is 0.420 e. The second kappa shape index (κ2) is 8.20. The molecule has 1 aromatic carbocycles. The second-order valence-corrected chi connectivity index (χ2v) is 8.54. The van der Waals surface area contributed by atoms with E-state index < -0.39 is 11.5 Å². The molecule has 8 nitrogen and oxygen atoms in total. The summed E-state index contributed by atoms with van der Waals surface area (Å²) < 4.78 is 35.1. The van der Waals surface area contributed by atoms with Gasteiger partial charge in [0, 0.05) is 60.1 Å². The molecule has 2 fully saturated rings. The van der Waals surface area contributed by atoms with Gasteiger partial charge in [0.2, 0.25) is 0 Å². The minimum absolute atomic E-state index is 0.130. The van der Waals surface area contributed by atoms with Gasteiger partial charge in [-0.3, -0.25) is 4.79 Å². The average Bonchev–Trinajstić information content (AvgIpc) is 2.73. The molecule has 33 heavy (non-hydrogen) atoms. The number of nitrogens with one attached hydrogen (secondary N) is 1. The van der Waals surface area contributed by atoms with Crippen LogP contribution in [0.3, 0.4) is 0 Å². The number of pyridine rings is 1. The Hall–Kier alpha value is -3.37. The van der Waals surface area contributed by atoms with Crippen molar-refractivity contribution in [3.8, 4) is 16.9 Å². The third-order valence-corrected chi connectivity index (χ3v) is 5.59. The number of halogens is 3. The molecule has 1 amide bonds. The number of hydrogen-bond donors (Lipinski definition) is 1. The van der Waals surface area contributed by atoms with Crippen molar-refractivity contribution in [1.82, 2.24) is 15.0 Å². The zero-order valence-corrected chi connectivity index (χ0v) is 17.9. The van der Waals surface area contributed by atoms with Crippen molar-refractivity contribution in [2.24, 2.45) is 5.41 Å². The molecule has 0 bridgehead atoms. The lowest BCUT2D eigenvalue weighted by Crippen LogP contribution is -2.66. The number of carbonyl (C=O) groups excluding carboxylic acids is 1. The third kappa shape index (κ3) is 4.57. The molecule has 1 spiro atoms. The summed E-state index contributed by atoms with van der Waals surface area (Å²) in [6, 6.07) is 7.17. The van der Waals surface area contributed by atoms with Crippen LogP contribution >= 0.6 is 11.6 Å². The van der Waals surface area contributed by atoms with Crippen LogP contribution in [0.5, 0.6) is 5.75 Å². The van der Waals surface area contributed by atoms with E-state index in [2.05, 4.69) is 29.9 Å². The van der Waals surface area contributed by atoms with E-state index in [9.17, 15) is 13.6 Å². The van der Waals surface area contributed by atoms with E-state index in [1.165, 1.54) is 36.8 Å². The highest BCUT2D eigenvalue weighted by Crippen LogP contribution is 2.42. The van der Waals surface area contributed by atoms with Crippen molar-refractivity contribution < 1.29 is 23.0 Å². The number of nitrogens with zero attached hydrogens (tertiary/aromatic N) is 4. The molecule has 170 valence electrons. The van der Waals surface area contributed by atoms with Crippen LogP contribution in [0.2, 0.25) is 0 Å². The fourth-order valence-electron chi connectivity index (χ4n) is 3.91. The van der Waals surface area contributed by atoms with Crippen LogP contribution in [0.1, 0.15) is 10.4 Å². The van der Waals surface area contributed by atoms with Gasteiger partial charge in [0.1, 0.15) is 17.9 Å². The largest absolute Gasteiger partial charge is 0.487 e. The van der Waals surface area contributed by atoms with E-state index in [0.717, 1.165) is 43.2 Å². The predicted octanol–water partition coefficient (Wildman–Crippen LogP) is 3.80. The van der Waals surface area contributed by atoms with Crippen molar-refractivity contribution in [3.05, 3.63) is 60.8 Å². The molecule has 3 aromatic rings. The summed E-state index contributed by atoms with van der Waals surface area (Å²) in [5, 5.41) is 2.72. The van der Waals surface area contributed by atoms with Gasteiger partial charge in [0.05, 0.1) is 24.2 Å². The van der Waals surface area contributed by atoms with Crippen molar-refractivity contribution >= 4 is 29.0 Å². The fourth-order valence-corrected chi connectivity index (χ4v) is 4.00. The van der Waals surface area contributed by atoms with Crippen LogP contribution < -0.4 is 15.0 Å². The first-order valence-corrected chi connectivity index (χ1v) is 10.4. The van der Waals surface area contributed by atoms with Crippen LogP contribution in [-0.4, -0.2) is 52.7 Å². The lowest BCUT2D eigenvalue weighted by atomic mass is 9.78. The molecule has 0 atom stereocenters. The Balaban J connectivity index is 1.36. The van der Waals surface area contributed by atoms with Gasteiger partial charge in [-0.05, 0) is 30.3 Å². The Bertz CT molecular complexity index is 1160. The lowest BCUT2D eigenvalue weighted by molar-refractivity contribution is -0.127. The first-order chi connectivity index (χ1) is 15.8. The fraction of sp³-hybridized carbons (Fsp3) is 0.273. The van der Waals surface area contributed by atoms with E-state index in [1.54, 1.807) is 18.5 Å². The molecule has 0 aliphatic carbocycles. The zero-order valence-electron chi connectivity index (χ0n) is 17.2. The Morgan fingerprint density at radius 1 is 1.15 bits per heavy atom. The Morgan fingerprint density at radius 2 is 1.85 bits per heavy atom. The van der Waals surface area contributed by atoms with Crippen molar-refractivity contribution in [3.63, 3.8) is 0 Å². The number of carbonyl (C=O) groups is 1. The molecule has 2 aliphatic rings. The zero-order chi connectivity index (χ0) is 23.1. The van der Waals surface area contributed by atoms with E-state index in [1.807, 2.05) is 0 Å². The standard InChI is InChI=1S/C22H18ClF2N5O3/c23-22(24,25)33-17-3-1-16(2-4-17)29-20(31)14-5-18(15-6-26-13-27-7-15)19(28-8-14)30-9-21(10-30)11-32-12-21/h1-8,13H,9-12H2,(H,29,31). The highest BCUT2D eigenvalue weighted by atomic mass is 35.5. The van der Waals surface area contributed by atoms with Crippen molar-refractivity contribution in [2.75, 3.05) is 36.5 Å². The number of aromatic nitrogens is 3. The van der Waals surface area contributed by atoms with Gasteiger partial charge in [0.15, 0.2) is 0 Å². The van der Waals surface area contributed by atoms with Crippen LogP contribution in [-0.2, 0) is 4.74 Å². The molecule has 2 aliphatic heterocycles. The summed E-state index contributed by atoms with van der Waals surface area (Å²) in [4.78, 5) is 27.7. The summed E-state index contributed by atoms with van der Waals surface area (Å²) in [7, 11) is 0. The van der Waals surface area contributed by atoms with E-state index in [4.69, 9.17) is 16.3 Å². The maximum absolute atomic E-state index is 12.8. The average molecular weight is 474 g/mol. The molecule has 0 saturated carbocycles. The third-order valence-electron chi connectivity index (χ3n) is 5.51. The quantitative estimate of drug-likeness (QED) is 0.545. The summed E-state index contributed by atoms with van der Waals surface area (Å²) >= 11 is 4.76. The maximum Gasteiger partial charge on any atom is 0.487 e. The number of alkyl halides is 3. The van der Waals surface area contributed by atoms with Gasteiger partial charge in [-0.1, -0.05) is 0 Å². The monoisotopic (exact) mass is 473 g/mol. The van der Waals surface area contributed by atoms with Gasteiger partial charge in [0.25, 0.3) is 5.91 Å². The lowest BCUT2D eigenvalue weighted by Gasteiger charge is -2.55. The highest BCUT2D eigenvalue weighted by Gasteiger charge is 2.49. The van der Waals surface area contributed by atoms with Gasteiger partial charge >= 0.3 is 5.57 Å². The van der Waals surface area contributed by atoms with Gasteiger partial charge in [-0.15, -0.1) is 8.78 Å². The van der Waals surface area contributed by atoms with Crippen LogP contribution in [0.25, 0.3) is 11.1 Å². The number of benzene rings is 1. The van der Waals surface area contributed by atoms with Crippen molar-refractivity contribution in [2.45, 2.75) is 5.57 Å². The summed E-state index contributed by atoms with van der Waals surface area (Å²) in [5.74, 6) is 0.216. The normalized spacial score (nSPS) is 16.6. The van der Waals surface area contributed by atoms with Crippen LogP contribution in [0.15, 0.2) is 55.2 Å². The highest BCUT2D eigenvalue weighted by molar-refractivity contribution is 6.20. The Morgan fingerprint density at radius 3 is 2.45 bits per heavy atom. The molecule has 2 aromatic heterocycles. The molecule has 5 rings (SSSR count). The first kappa shape index (κ1) is 21.5. The SMILES string of the molecule is O=C(Nc1ccc(OC(F)(F)Cl)cc1)c1cnc(N2CC3(COC3)C2)c(-c2cncnc2)c1. The van der Waals surface area contributed by atoms with Gasteiger partial charge < -0.3 is 19.7 Å². The minimum Gasteiger partial charge on any atom is -0.420 e. The Kier molecular flexibility index (Phi) is 5.34. The molecule has 11 heteroatoms. The molecule has 1 N–H and O–H groups in total. The van der Waals surface area contributed by atoms with E-state index in [-0.39, 0.29) is 11.2 Å². The predicted molar refractivity (Wildman–Crippen MR) is 117 cm³/mol. The molecule has 0 unspecified atom stereocenters. The minimum atomic E-state index is -3.81. The van der Waals surface area contributed by atoms with E-state index in [0.29, 0.717) is 11.3 Å². The van der Waals surface area contributed by atoms with E-state index >= 15 is 0 Å². The number of anilines is 2. The number of rotatable bonds is 6. The number of hydrogen-bond acceptors (Lipinski definition) is 7. The van der Waals surface area contributed by atoms with Crippen molar-refractivity contribution in [1.29, 1.82) is 0 Å². The summed E-state index contributed by atoms with van der Waals surface area (Å²) in [5.41, 5.74) is -1.40. The molecular formula is C22H18ClF2N5O3. The Labute approximate surface area is 192 Å². The van der Waals surface area contributed by atoms with Crippen LogP contribution in [0, 0.1) is 5.41 Å². The summed E-state index contributed by atoms with van der Waals surface area (Å²) in [6.45, 7) is 3.17. The second-order valence-electron chi connectivity index (χ2n) is 8.10.